The maximum atomic E-state index is 12.8. The van der Waals surface area contributed by atoms with Gasteiger partial charge in [-0.3, -0.25) is 0 Å². The van der Waals surface area contributed by atoms with Crippen LogP contribution in [0.5, 0.6) is 0 Å². The molecule has 2 heterocycles. The fraction of sp³-hybridized carbons (Fsp3) is 0.906. The molecule has 0 N–H and O–H groups in total. The third-order valence-electron chi connectivity index (χ3n) is 10.4. The van der Waals surface area contributed by atoms with Crippen molar-refractivity contribution < 1.29 is 28.5 Å². The lowest BCUT2D eigenvalue weighted by Gasteiger charge is -2.65. The summed E-state index contributed by atoms with van der Waals surface area (Å²) in [7, 11) is 0. The summed E-state index contributed by atoms with van der Waals surface area (Å²) in [5.41, 5.74) is -0.631. The first-order valence-corrected chi connectivity index (χ1v) is 15.6. The quantitative estimate of drug-likeness (QED) is 0.160. The average molecular weight is 533 g/mol. The van der Waals surface area contributed by atoms with Crippen LogP contribution >= 0.6 is 0 Å². The molecule has 6 rings (SSSR count). The van der Waals surface area contributed by atoms with Crippen LogP contribution in [0.3, 0.4) is 0 Å². The highest BCUT2D eigenvalue weighted by molar-refractivity contribution is 5.87. The van der Waals surface area contributed by atoms with Gasteiger partial charge in [-0.25, -0.2) is 4.79 Å². The number of ether oxygens (including phenoxy) is 5. The summed E-state index contributed by atoms with van der Waals surface area (Å²) in [6.07, 6.45) is 16.6. The molecule has 0 radical (unpaired) electrons. The monoisotopic (exact) mass is 532 g/mol. The summed E-state index contributed by atoms with van der Waals surface area (Å²) in [5, 5.41) is 0. The molecule has 4 aliphatic carbocycles. The van der Waals surface area contributed by atoms with E-state index >= 15 is 0 Å². The van der Waals surface area contributed by atoms with Crippen molar-refractivity contribution in [2.45, 2.75) is 152 Å². The number of hydrogen-bond acceptors (Lipinski definition) is 6. The van der Waals surface area contributed by atoms with Gasteiger partial charge < -0.3 is 23.7 Å². The van der Waals surface area contributed by atoms with E-state index in [9.17, 15) is 4.79 Å². The van der Waals surface area contributed by atoms with Crippen LogP contribution in [-0.4, -0.2) is 60.4 Å². The largest absolute Gasteiger partial charge is 0.455 e. The molecule has 0 spiro atoms. The van der Waals surface area contributed by atoms with Crippen LogP contribution in [0.25, 0.3) is 0 Å². The highest BCUT2D eigenvalue weighted by Gasteiger charge is 2.66. The van der Waals surface area contributed by atoms with Crippen LogP contribution < -0.4 is 0 Å². The minimum Gasteiger partial charge on any atom is -0.455 e. The Bertz CT molecular complexity index is 810. The van der Waals surface area contributed by atoms with E-state index in [-0.39, 0.29) is 28.4 Å². The zero-order valence-corrected chi connectivity index (χ0v) is 24.4. The van der Waals surface area contributed by atoms with Crippen molar-refractivity contribution in [3.8, 4) is 0 Å². The summed E-state index contributed by atoms with van der Waals surface area (Å²) in [6, 6.07) is 0. The lowest BCUT2D eigenvalue weighted by Crippen LogP contribution is -2.68. The Balaban J connectivity index is 1.28. The molecule has 4 bridgehead atoms. The van der Waals surface area contributed by atoms with Crippen LogP contribution in [0.2, 0.25) is 0 Å². The molecule has 6 aliphatic rings. The van der Waals surface area contributed by atoms with E-state index in [1.54, 1.807) is 6.92 Å². The summed E-state index contributed by atoms with van der Waals surface area (Å²) in [5.74, 6) is 0.173. The van der Waals surface area contributed by atoms with E-state index in [0.717, 1.165) is 90.3 Å². The van der Waals surface area contributed by atoms with Gasteiger partial charge in [0, 0.05) is 24.8 Å². The maximum Gasteiger partial charge on any atom is 0.333 e. The number of unbranched alkanes of at least 4 members (excludes halogenated alkanes) is 2. The molecule has 38 heavy (non-hydrogen) atoms. The smallest absolute Gasteiger partial charge is 0.333 e. The van der Waals surface area contributed by atoms with Gasteiger partial charge in [0.25, 0.3) is 0 Å². The van der Waals surface area contributed by atoms with Crippen molar-refractivity contribution in [2.24, 2.45) is 5.92 Å². The van der Waals surface area contributed by atoms with Crippen molar-refractivity contribution in [1.82, 2.24) is 0 Å². The number of rotatable bonds is 16. The van der Waals surface area contributed by atoms with Crippen LogP contribution in [0, 0.1) is 5.92 Å². The molecule has 6 fully saturated rings. The second kappa shape index (κ2) is 11.1. The number of esters is 1. The van der Waals surface area contributed by atoms with Crippen molar-refractivity contribution in [2.75, 3.05) is 26.4 Å². The molecule has 6 heteroatoms. The Labute approximate surface area is 230 Å². The highest BCUT2D eigenvalue weighted by Crippen LogP contribution is 2.63. The molecule has 0 aromatic heterocycles. The van der Waals surface area contributed by atoms with E-state index in [2.05, 4.69) is 20.4 Å². The van der Waals surface area contributed by atoms with Gasteiger partial charge >= 0.3 is 5.97 Å². The van der Waals surface area contributed by atoms with Crippen molar-refractivity contribution in [3.05, 3.63) is 12.2 Å². The molecular weight excluding hydrogens is 480 g/mol. The Morgan fingerprint density at radius 3 is 1.63 bits per heavy atom. The van der Waals surface area contributed by atoms with Gasteiger partial charge in [0.15, 0.2) is 0 Å². The van der Waals surface area contributed by atoms with Gasteiger partial charge in [-0.05, 0) is 70.6 Å². The van der Waals surface area contributed by atoms with Gasteiger partial charge in [0.1, 0.15) is 5.60 Å². The Morgan fingerprint density at radius 2 is 1.24 bits per heavy atom. The van der Waals surface area contributed by atoms with Gasteiger partial charge in [0.05, 0.1) is 48.8 Å². The van der Waals surface area contributed by atoms with Crippen molar-refractivity contribution in [1.29, 1.82) is 0 Å². The van der Waals surface area contributed by atoms with Crippen LogP contribution in [0.4, 0.5) is 0 Å². The molecule has 2 aliphatic heterocycles. The minimum atomic E-state index is -0.519. The summed E-state index contributed by atoms with van der Waals surface area (Å²) >= 11 is 0. The first kappa shape index (κ1) is 28.6. The fourth-order valence-electron chi connectivity index (χ4n) is 8.62. The van der Waals surface area contributed by atoms with E-state index < -0.39 is 5.60 Å². The molecular formula is C32H52O6. The predicted octanol–water partition coefficient (Wildman–Crippen LogP) is 6.83. The number of carbonyl (C=O) groups is 1. The molecule has 0 aromatic carbocycles. The zero-order chi connectivity index (χ0) is 26.9. The maximum absolute atomic E-state index is 12.8. The fourth-order valence-corrected chi connectivity index (χ4v) is 8.62. The summed E-state index contributed by atoms with van der Waals surface area (Å²) < 4.78 is 32.2. The molecule has 2 saturated heterocycles. The average Bonchev–Trinajstić information content (AvgIpc) is 2.80. The lowest BCUT2D eigenvalue weighted by atomic mass is 9.50. The second-order valence-corrected chi connectivity index (χ2v) is 13.7. The Kier molecular flexibility index (Phi) is 8.38. The Hall–Kier alpha value is -0.950. The second-order valence-electron chi connectivity index (χ2n) is 13.7. The zero-order valence-electron chi connectivity index (χ0n) is 24.4. The highest BCUT2D eigenvalue weighted by atomic mass is 16.6. The van der Waals surface area contributed by atoms with Gasteiger partial charge in [-0.15, -0.1) is 0 Å². The topological polar surface area (TPSA) is 63.2 Å². The van der Waals surface area contributed by atoms with Gasteiger partial charge in [-0.2, -0.15) is 0 Å². The Morgan fingerprint density at radius 1 is 0.789 bits per heavy atom. The van der Waals surface area contributed by atoms with Crippen molar-refractivity contribution >= 4 is 5.97 Å². The van der Waals surface area contributed by atoms with Crippen LogP contribution in [-0.2, 0) is 28.5 Å². The summed E-state index contributed by atoms with van der Waals surface area (Å²) in [6.45, 7) is 13.2. The normalized spacial score (nSPS) is 41.0. The molecule has 4 unspecified atom stereocenters. The summed E-state index contributed by atoms with van der Waals surface area (Å²) in [4.78, 5) is 12.8. The first-order valence-electron chi connectivity index (χ1n) is 15.6. The van der Waals surface area contributed by atoms with E-state index in [0.29, 0.717) is 24.7 Å². The van der Waals surface area contributed by atoms with Crippen LogP contribution in [0.1, 0.15) is 124 Å². The lowest BCUT2D eigenvalue weighted by molar-refractivity contribution is -0.289. The van der Waals surface area contributed by atoms with Gasteiger partial charge in [0.2, 0.25) is 0 Å². The molecule has 4 saturated carbocycles. The third kappa shape index (κ3) is 5.89. The van der Waals surface area contributed by atoms with Gasteiger partial charge in [-0.1, -0.05) is 46.1 Å². The molecule has 0 aromatic rings. The SMILES string of the molecule is C=C(C)C(=O)OC12CC3CC(OCCC4(CCCC)CCO4)(CC(OCCC4(CCCC)CCO4)(C3)C1)C2. The van der Waals surface area contributed by atoms with E-state index in [1.165, 1.54) is 25.7 Å². The van der Waals surface area contributed by atoms with E-state index in [1.807, 2.05) is 0 Å². The third-order valence-corrected chi connectivity index (χ3v) is 10.4. The number of carbonyl (C=O) groups excluding carboxylic acids is 1. The predicted molar refractivity (Wildman–Crippen MR) is 147 cm³/mol. The molecule has 0 amide bonds. The van der Waals surface area contributed by atoms with Crippen LogP contribution in [0.15, 0.2) is 12.2 Å². The minimum absolute atomic E-state index is 0.00613. The molecule has 216 valence electrons. The molecule has 4 atom stereocenters. The number of hydrogen-bond donors (Lipinski definition) is 0. The van der Waals surface area contributed by atoms with Crippen molar-refractivity contribution in [3.63, 3.8) is 0 Å². The molecule has 6 nitrogen and oxygen atoms in total. The standard InChI is InChI=1S/C32H52O6/c1-5-7-9-28(11-15-34-28)13-17-36-30-19-26-20-31(22-30,24-32(21-26,23-30)38-27(33)25(3)4)37-18-14-29(10-8-6-2)12-16-35-29/h26H,3,5-24H2,1-2,4H3. The van der Waals surface area contributed by atoms with E-state index in [4.69, 9.17) is 23.7 Å². The first-order chi connectivity index (χ1) is 18.2.